The first-order valence-electron chi connectivity index (χ1n) is 5.38. The smallest absolute Gasteiger partial charge is 0.251 e. The van der Waals surface area contributed by atoms with Gasteiger partial charge in [0.25, 0.3) is 5.91 Å². The fraction of sp³-hybridized carbons (Fsp3) is 0.417. The largest absolute Gasteiger partial charge is 0.346 e. The second-order valence-electron chi connectivity index (χ2n) is 4.45. The van der Waals surface area contributed by atoms with Crippen LogP contribution in [0, 0.1) is 3.57 Å². The highest BCUT2D eigenvalue weighted by molar-refractivity contribution is 14.1. The average molecular weight is 330 g/mol. The van der Waals surface area contributed by atoms with Gasteiger partial charge in [-0.15, -0.1) is 0 Å². The molecular weight excluding hydrogens is 315 g/mol. The number of nitrogens with one attached hydrogen (secondary N) is 2. The summed E-state index contributed by atoms with van der Waals surface area (Å²) in [7, 11) is 0. The summed E-state index contributed by atoms with van der Waals surface area (Å²) in [5, 5.41) is 6.35. The first-order valence-corrected chi connectivity index (χ1v) is 6.46. The number of hydrogen-bond acceptors (Lipinski definition) is 2. The zero-order valence-electron chi connectivity index (χ0n) is 9.22. The van der Waals surface area contributed by atoms with Gasteiger partial charge in [0, 0.05) is 15.7 Å². The number of carbonyl (C=O) groups excluding carboxylic acids is 1. The van der Waals surface area contributed by atoms with Crippen molar-refractivity contribution >= 4 is 28.5 Å². The Morgan fingerprint density at radius 1 is 1.44 bits per heavy atom. The molecule has 1 saturated heterocycles. The second kappa shape index (κ2) is 4.71. The molecular formula is C12H15IN2O. The van der Waals surface area contributed by atoms with Crippen LogP contribution < -0.4 is 10.6 Å². The third kappa shape index (κ3) is 2.74. The summed E-state index contributed by atoms with van der Waals surface area (Å²) in [5.74, 6) is 0.0163. The van der Waals surface area contributed by atoms with Crippen LogP contribution in [0.4, 0.5) is 0 Å². The van der Waals surface area contributed by atoms with Crippen molar-refractivity contribution in [1.29, 1.82) is 0 Å². The minimum absolute atomic E-state index is 0.0163. The fourth-order valence-electron chi connectivity index (χ4n) is 1.87. The number of carbonyl (C=O) groups is 1. The molecule has 1 fully saturated rings. The number of benzene rings is 1. The molecule has 1 aliphatic heterocycles. The zero-order chi connectivity index (χ0) is 11.6. The van der Waals surface area contributed by atoms with Gasteiger partial charge >= 0.3 is 0 Å². The minimum Gasteiger partial charge on any atom is -0.346 e. The van der Waals surface area contributed by atoms with Crippen LogP contribution in [0.15, 0.2) is 24.3 Å². The van der Waals surface area contributed by atoms with Crippen LogP contribution in [-0.4, -0.2) is 24.5 Å². The third-order valence-corrected chi connectivity index (χ3v) is 3.61. The van der Waals surface area contributed by atoms with Crippen molar-refractivity contribution in [3.63, 3.8) is 0 Å². The monoisotopic (exact) mass is 330 g/mol. The van der Waals surface area contributed by atoms with Crippen LogP contribution in [0.3, 0.4) is 0 Å². The number of amides is 1. The lowest BCUT2D eigenvalue weighted by atomic mass is 10.0. The molecule has 1 aromatic carbocycles. The standard InChI is InChI=1S/C12H15IN2O/c1-12(6-7-14-8-12)15-11(16)9-2-4-10(13)5-3-9/h2-5,14H,6-8H2,1H3,(H,15,16). The van der Waals surface area contributed by atoms with E-state index in [1.807, 2.05) is 24.3 Å². The van der Waals surface area contributed by atoms with Gasteiger partial charge in [-0.2, -0.15) is 0 Å². The van der Waals surface area contributed by atoms with Gasteiger partial charge in [-0.05, 0) is 66.7 Å². The van der Waals surface area contributed by atoms with Gasteiger partial charge in [-0.3, -0.25) is 4.79 Å². The predicted octanol–water partition coefficient (Wildman–Crippen LogP) is 1.77. The molecule has 3 nitrogen and oxygen atoms in total. The molecule has 1 aromatic rings. The summed E-state index contributed by atoms with van der Waals surface area (Å²) in [5.41, 5.74) is 0.633. The van der Waals surface area contributed by atoms with Crippen LogP contribution in [0.25, 0.3) is 0 Å². The Morgan fingerprint density at radius 3 is 2.69 bits per heavy atom. The topological polar surface area (TPSA) is 41.1 Å². The molecule has 2 rings (SSSR count). The zero-order valence-corrected chi connectivity index (χ0v) is 11.4. The van der Waals surface area contributed by atoms with Crippen molar-refractivity contribution in [3.05, 3.63) is 33.4 Å². The van der Waals surface area contributed by atoms with E-state index in [1.165, 1.54) is 0 Å². The normalized spacial score (nSPS) is 24.4. The molecule has 0 bridgehead atoms. The molecule has 0 spiro atoms. The first-order chi connectivity index (χ1) is 7.59. The van der Waals surface area contributed by atoms with E-state index >= 15 is 0 Å². The lowest BCUT2D eigenvalue weighted by Crippen LogP contribution is -2.47. The summed E-state index contributed by atoms with van der Waals surface area (Å²) in [4.78, 5) is 12.0. The van der Waals surface area contributed by atoms with Gasteiger partial charge in [0.05, 0.1) is 5.54 Å². The Labute approximate surface area is 109 Å². The van der Waals surface area contributed by atoms with Gasteiger partial charge in [0.1, 0.15) is 0 Å². The summed E-state index contributed by atoms with van der Waals surface area (Å²) >= 11 is 2.23. The van der Waals surface area contributed by atoms with Crippen molar-refractivity contribution < 1.29 is 4.79 Å². The van der Waals surface area contributed by atoms with Crippen LogP contribution >= 0.6 is 22.6 Å². The van der Waals surface area contributed by atoms with Crippen molar-refractivity contribution in [2.24, 2.45) is 0 Å². The highest BCUT2D eigenvalue weighted by Gasteiger charge is 2.30. The molecule has 16 heavy (non-hydrogen) atoms. The van der Waals surface area contributed by atoms with E-state index in [2.05, 4.69) is 40.1 Å². The van der Waals surface area contributed by atoms with Crippen LogP contribution in [0.1, 0.15) is 23.7 Å². The summed E-state index contributed by atoms with van der Waals surface area (Å²) in [6, 6.07) is 7.63. The summed E-state index contributed by atoms with van der Waals surface area (Å²) < 4.78 is 1.14. The molecule has 4 heteroatoms. The lowest BCUT2D eigenvalue weighted by molar-refractivity contribution is 0.0913. The number of rotatable bonds is 2. The van der Waals surface area contributed by atoms with Gasteiger partial charge in [0.2, 0.25) is 0 Å². The second-order valence-corrected chi connectivity index (χ2v) is 5.69. The van der Waals surface area contributed by atoms with E-state index in [0.29, 0.717) is 0 Å². The highest BCUT2D eigenvalue weighted by atomic mass is 127. The van der Waals surface area contributed by atoms with Crippen LogP contribution in [0.5, 0.6) is 0 Å². The molecule has 1 heterocycles. The van der Waals surface area contributed by atoms with Gasteiger partial charge in [-0.25, -0.2) is 0 Å². The maximum atomic E-state index is 12.0. The Bertz CT molecular complexity index is 383. The van der Waals surface area contributed by atoms with Crippen LogP contribution in [0.2, 0.25) is 0 Å². The van der Waals surface area contributed by atoms with E-state index in [0.717, 1.165) is 28.6 Å². The average Bonchev–Trinajstić information content (AvgIpc) is 2.65. The number of hydrogen-bond donors (Lipinski definition) is 2. The maximum Gasteiger partial charge on any atom is 0.251 e. The quantitative estimate of drug-likeness (QED) is 0.812. The number of halogens is 1. The van der Waals surface area contributed by atoms with Crippen molar-refractivity contribution in [1.82, 2.24) is 10.6 Å². The molecule has 1 unspecified atom stereocenters. The Balaban J connectivity index is 2.05. The van der Waals surface area contributed by atoms with E-state index < -0.39 is 0 Å². The highest BCUT2D eigenvalue weighted by Crippen LogP contribution is 2.15. The summed E-state index contributed by atoms with van der Waals surface area (Å²) in [6.45, 7) is 3.91. The molecule has 0 radical (unpaired) electrons. The van der Waals surface area contributed by atoms with Gasteiger partial charge < -0.3 is 10.6 Å². The molecule has 1 atom stereocenters. The van der Waals surface area contributed by atoms with E-state index in [1.54, 1.807) is 0 Å². The SMILES string of the molecule is CC1(NC(=O)c2ccc(I)cc2)CCNC1. The fourth-order valence-corrected chi connectivity index (χ4v) is 2.23. The molecule has 1 aliphatic rings. The van der Waals surface area contributed by atoms with E-state index in [9.17, 15) is 4.79 Å². The molecule has 1 amide bonds. The minimum atomic E-state index is -0.0971. The van der Waals surface area contributed by atoms with E-state index in [-0.39, 0.29) is 11.4 Å². The van der Waals surface area contributed by atoms with Crippen molar-refractivity contribution in [2.75, 3.05) is 13.1 Å². The van der Waals surface area contributed by atoms with E-state index in [4.69, 9.17) is 0 Å². The summed E-state index contributed by atoms with van der Waals surface area (Å²) in [6.07, 6.45) is 0.989. The molecule has 0 aliphatic carbocycles. The molecule has 0 aromatic heterocycles. The molecule has 0 saturated carbocycles. The third-order valence-electron chi connectivity index (χ3n) is 2.89. The maximum absolute atomic E-state index is 12.0. The molecule has 86 valence electrons. The molecule has 2 N–H and O–H groups in total. The Morgan fingerprint density at radius 2 is 2.12 bits per heavy atom. The van der Waals surface area contributed by atoms with Crippen LogP contribution in [-0.2, 0) is 0 Å². The van der Waals surface area contributed by atoms with Crippen molar-refractivity contribution in [3.8, 4) is 0 Å². The van der Waals surface area contributed by atoms with Gasteiger partial charge in [0.15, 0.2) is 0 Å². The first kappa shape index (κ1) is 11.9. The van der Waals surface area contributed by atoms with Gasteiger partial charge in [-0.1, -0.05) is 0 Å². The van der Waals surface area contributed by atoms with Crippen molar-refractivity contribution in [2.45, 2.75) is 18.9 Å². The lowest BCUT2D eigenvalue weighted by Gasteiger charge is -2.24. The Hall–Kier alpha value is -0.620. The predicted molar refractivity (Wildman–Crippen MR) is 72.5 cm³/mol. The Kier molecular flexibility index (Phi) is 3.49.